The third-order valence-electron chi connectivity index (χ3n) is 10.2. The molecule has 0 saturated heterocycles. The van der Waals surface area contributed by atoms with Crippen molar-refractivity contribution < 1.29 is 14.6 Å². The Morgan fingerprint density at radius 2 is 1.17 bits per heavy atom. The molecule has 1 heterocycles. The Labute approximate surface area is 298 Å². The van der Waals surface area contributed by atoms with E-state index in [0.29, 0.717) is 6.61 Å². The Morgan fingerprint density at radius 1 is 0.688 bits per heavy atom. The second-order valence-electron chi connectivity index (χ2n) is 14.8. The van der Waals surface area contributed by atoms with Crippen LogP contribution in [0, 0.1) is 12.8 Å². The molecule has 1 rings (SSSR count). The van der Waals surface area contributed by atoms with Crippen molar-refractivity contribution >= 4 is 5.97 Å². The van der Waals surface area contributed by atoms with Gasteiger partial charge in [0.15, 0.2) is 0 Å². The molecule has 0 aliphatic carbocycles. The zero-order valence-electron chi connectivity index (χ0n) is 32.5. The second kappa shape index (κ2) is 32.8. The van der Waals surface area contributed by atoms with Crippen LogP contribution in [0.3, 0.4) is 0 Å². The molecular formula is C42H81N3O3. The van der Waals surface area contributed by atoms with Gasteiger partial charge in [0.05, 0.1) is 25.2 Å². The number of carbonyl (C=O) groups excluding carboxylic acids is 1. The number of ether oxygens (including phenoxy) is 1. The highest BCUT2D eigenvalue weighted by Crippen LogP contribution is 2.21. The second-order valence-corrected chi connectivity index (χ2v) is 14.8. The standard InChI is InChI=1S/C42H81N3O3/c1-5-8-11-14-16-17-18-19-21-26-31-41(46)38-44(35-36-45-39(4)32-33-43-45)34-27-22-23-28-37-48-42(47)40(29-24-13-10-7-3)30-25-20-15-12-9-6-2/h32-33,40-41,46H,5-31,34-38H2,1-4H3. The molecule has 0 aromatic carbocycles. The molecule has 0 fully saturated rings. The predicted octanol–water partition coefficient (Wildman–Crippen LogP) is 11.6. The first-order valence-electron chi connectivity index (χ1n) is 21.1. The topological polar surface area (TPSA) is 67.6 Å². The van der Waals surface area contributed by atoms with Gasteiger partial charge < -0.3 is 9.84 Å². The largest absolute Gasteiger partial charge is 0.465 e. The van der Waals surface area contributed by atoms with Crippen LogP contribution in [0.25, 0.3) is 0 Å². The van der Waals surface area contributed by atoms with E-state index >= 15 is 0 Å². The lowest BCUT2D eigenvalue weighted by Crippen LogP contribution is -2.36. The van der Waals surface area contributed by atoms with E-state index in [1.54, 1.807) is 0 Å². The van der Waals surface area contributed by atoms with E-state index in [-0.39, 0.29) is 18.0 Å². The molecule has 0 radical (unpaired) electrons. The fourth-order valence-electron chi connectivity index (χ4n) is 6.87. The molecule has 0 aliphatic heterocycles. The minimum absolute atomic E-state index is 0.0524. The highest BCUT2D eigenvalue weighted by atomic mass is 16.5. The van der Waals surface area contributed by atoms with Crippen molar-refractivity contribution in [1.82, 2.24) is 14.7 Å². The monoisotopic (exact) mass is 676 g/mol. The van der Waals surface area contributed by atoms with Crippen molar-refractivity contribution in [3.8, 4) is 0 Å². The van der Waals surface area contributed by atoms with Crippen LogP contribution in [-0.4, -0.2) is 58.1 Å². The number of carbonyl (C=O) groups is 1. The normalized spacial score (nSPS) is 13.0. The maximum absolute atomic E-state index is 13.0. The number of unbranched alkanes of at least 4 members (excludes halogenated alkanes) is 20. The van der Waals surface area contributed by atoms with Crippen LogP contribution in [0.1, 0.15) is 200 Å². The van der Waals surface area contributed by atoms with E-state index in [1.165, 1.54) is 115 Å². The average molecular weight is 676 g/mol. The van der Waals surface area contributed by atoms with Gasteiger partial charge in [0.1, 0.15) is 0 Å². The Balaban J connectivity index is 2.34. The van der Waals surface area contributed by atoms with Crippen LogP contribution in [0.4, 0.5) is 0 Å². The summed E-state index contributed by atoms with van der Waals surface area (Å²) in [7, 11) is 0. The van der Waals surface area contributed by atoms with Gasteiger partial charge in [-0.1, -0.05) is 162 Å². The number of rotatable bonds is 36. The van der Waals surface area contributed by atoms with Gasteiger partial charge in [-0.2, -0.15) is 5.10 Å². The van der Waals surface area contributed by atoms with Crippen LogP contribution in [0.15, 0.2) is 12.3 Å². The molecular weight excluding hydrogens is 594 g/mol. The highest BCUT2D eigenvalue weighted by molar-refractivity contribution is 5.72. The van der Waals surface area contributed by atoms with Crippen molar-refractivity contribution in [2.24, 2.45) is 5.92 Å². The predicted molar refractivity (Wildman–Crippen MR) is 206 cm³/mol. The lowest BCUT2D eigenvalue weighted by Gasteiger charge is -2.25. The lowest BCUT2D eigenvalue weighted by molar-refractivity contribution is -0.149. The van der Waals surface area contributed by atoms with E-state index in [4.69, 9.17) is 4.74 Å². The summed E-state index contributed by atoms with van der Waals surface area (Å²) in [6, 6.07) is 2.06. The number of aryl methyl sites for hydroxylation is 1. The van der Waals surface area contributed by atoms with E-state index in [1.807, 2.05) is 6.20 Å². The SMILES string of the molecule is CCCCCCCCCCCCC(O)CN(CCCCCCOC(=O)C(CCCCCC)CCCCCCCC)CCn1nccc1C. The fourth-order valence-corrected chi connectivity index (χ4v) is 6.87. The van der Waals surface area contributed by atoms with Gasteiger partial charge >= 0.3 is 5.97 Å². The van der Waals surface area contributed by atoms with Crippen molar-refractivity contribution in [2.45, 2.75) is 214 Å². The first-order valence-corrected chi connectivity index (χ1v) is 21.1. The van der Waals surface area contributed by atoms with Gasteiger partial charge in [0.25, 0.3) is 0 Å². The molecule has 1 N–H and O–H groups in total. The molecule has 2 atom stereocenters. The molecule has 6 nitrogen and oxygen atoms in total. The minimum atomic E-state index is -0.261. The number of aromatic nitrogens is 2. The smallest absolute Gasteiger partial charge is 0.308 e. The molecule has 2 unspecified atom stereocenters. The molecule has 48 heavy (non-hydrogen) atoms. The number of nitrogens with zero attached hydrogens (tertiary/aromatic N) is 3. The van der Waals surface area contributed by atoms with Crippen molar-refractivity contribution in [3.63, 3.8) is 0 Å². The number of aliphatic hydroxyl groups excluding tert-OH is 1. The summed E-state index contributed by atoms with van der Waals surface area (Å²) in [6.45, 7) is 12.9. The van der Waals surface area contributed by atoms with Crippen LogP contribution in [0.2, 0.25) is 0 Å². The molecule has 0 spiro atoms. The van der Waals surface area contributed by atoms with Crippen LogP contribution >= 0.6 is 0 Å². The highest BCUT2D eigenvalue weighted by Gasteiger charge is 2.19. The van der Waals surface area contributed by atoms with Gasteiger partial charge in [-0.3, -0.25) is 14.4 Å². The lowest BCUT2D eigenvalue weighted by atomic mass is 9.94. The minimum Gasteiger partial charge on any atom is -0.465 e. The van der Waals surface area contributed by atoms with Crippen molar-refractivity contribution in [1.29, 1.82) is 0 Å². The van der Waals surface area contributed by atoms with Crippen molar-refractivity contribution in [2.75, 3.05) is 26.2 Å². The van der Waals surface area contributed by atoms with Crippen LogP contribution in [0.5, 0.6) is 0 Å². The average Bonchev–Trinajstić information content (AvgIpc) is 3.50. The molecule has 0 bridgehead atoms. The number of esters is 1. The Hall–Kier alpha value is -1.40. The number of hydrogen-bond acceptors (Lipinski definition) is 5. The Morgan fingerprint density at radius 3 is 1.71 bits per heavy atom. The molecule has 1 aromatic heterocycles. The molecule has 0 saturated carbocycles. The number of aliphatic hydroxyl groups is 1. The number of hydrogen-bond donors (Lipinski definition) is 1. The zero-order chi connectivity index (χ0) is 34.9. The van der Waals surface area contributed by atoms with E-state index in [2.05, 4.69) is 48.4 Å². The quantitative estimate of drug-likeness (QED) is 0.0566. The van der Waals surface area contributed by atoms with E-state index in [0.717, 1.165) is 90.4 Å². The summed E-state index contributed by atoms with van der Waals surface area (Å²) in [6.07, 6.45) is 34.5. The summed E-state index contributed by atoms with van der Waals surface area (Å²) < 4.78 is 7.89. The Kier molecular flexibility index (Phi) is 30.5. The maximum atomic E-state index is 13.0. The molecule has 0 amide bonds. The summed E-state index contributed by atoms with van der Waals surface area (Å²) in [5, 5.41) is 15.4. The molecule has 0 aliphatic rings. The van der Waals surface area contributed by atoms with Crippen LogP contribution < -0.4 is 0 Å². The Bertz CT molecular complexity index is 829. The summed E-state index contributed by atoms with van der Waals surface area (Å²) >= 11 is 0. The van der Waals surface area contributed by atoms with Gasteiger partial charge in [-0.25, -0.2) is 0 Å². The third-order valence-corrected chi connectivity index (χ3v) is 10.2. The molecule has 282 valence electrons. The van der Waals surface area contributed by atoms with E-state index in [9.17, 15) is 9.90 Å². The third kappa shape index (κ3) is 25.6. The fraction of sp³-hybridized carbons (Fsp3) is 0.905. The van der Waals surface area contributed by atoms with Gasteiger partial charge in [-0.05, 0) is 51.6 Å². The first-order chi connectivity index (χ1) is 23.5. The molecule has 6 heteroatoms. The van der Waals surface area contributed by atoms with Gasteiger partial charge in [0, 0.05) is 25.0 Å². The van der Waals surface area contributed by atoms with Gasteiger partial charge in [0.2, 0.25) is 0 Å². The van der Waals surface area contributed by atoms with Gasteiger partial charge in [-0.15, -0.1) is 0 Å². The zero-order valence-corrected chi connectivity index (χ0v) is 32.5. The first kappa shape index (κ1) is 44.6. The summed E-state index contributed by atoms with van der Waals surface area (Å²) in [4.78, 5) is 15.4. The summed E-state index contributed by atoms with van der Waals surface area (Å²) in [5.74, 6) is 0.142. The van der Waals surface area contributed by atoms with E-state index < -0.39 is 0 Å². The maximum Gasteiger partial charge on any atom is 0.308 e. The van der Waals surface area contributed by atoms with Crippen LogP contribution in [-0.2, 0) is 16.1 Å². The molecule has 1 aromatic rings. The van der Waals surface area contributed by atoms with Crippen molar-refractivity contribution in [3.05, 3.63) is 18.0 Å². The summed E-state index contributed by atoms with van der Waals surface area (Å²) in [5.41, 5.74) is 1.19.